The van der Waals surface area contributed by atoms with Gasteiger partial charge in [-0.2, -0.15) is 0 Å². The largest absolute Gasteiger partial charge is 0.490 e. The van der Waals surface area contributed by atoms with E-state index in [-0.39, 0.29) is 17.9 Å². The molecule has 1 unspecified atom stereocenters. The molecule has 5 rings (SSSR count). The molecule has 32 heavy (non-hydrogen) atoms. The number of carbonyl (C=O) groups is 1. The van der Waals surface area contributed by atoms with Gasteiger partial charge in [0.25, 0.3) is 0 Å². The molecule has 4 heterocycles. The molecular formula is C24H29N3O5. The van der Waals surface area contributed by atoms with Gasteiger partial charge in [0.1, 0.15) is 24.2 Å². The number of fused-ring (bicyclic) bond motifs is 1. The molecule has 0 radical (unpaired) electrons. The normalized spacial score (nSPS) is 21.1. The molecule has 1 atom stereocenters. The second-order valence-electron chi connectivity index (χ2n) is 8.39. The highest BCUT2D eigenvalue weighted by atomic mass is 16.5. The summed E-state index contributed by atoms with van der Waals surface area (Å²) in [5.41, 5.74) is 1.95. The number of likely N-dealkylation sites (tertiary alicyclic amines) is 1. The van der Waals surface area contributed by atoms with E-state index >= 15 is 0 Å². The van der Waals surface area contributed by atoms with Crippen LogP contribution in [0.5, 0.6) is 17.4 Å². The number of hydrogen-bond acceptors (Lipinski definition) is 7. The van der Waals surface area contributed by atoms with Gasteiger partial charge in [-0.15, -0.1) is 0 Å². The minimum Gasteiger partial charge on any atom is -0.490 e. The molecule has 3 aliphatic heterocycles. The smallest absolute Gasteiger partial charge is 0.225 e. The van der Waals surface area contributed by atoms with Gasteiger partial charge < -0.3 is 28.7 Å². The monoisotopic (exact) mass is 439 g/mol. The SMILES string of the molecule is COc1cc(N2CCOc3ccc(OC4CCN(C(=O)C5CCOCC5)C4)cc32)ccn1. The highest BCUT2D eigenvalue weighted by Gasteiger charge is 2.33. The van der Waals surface area contributed by atoms with Crippen LogP contribution in [0.25, 0.3) is 0 Å². The summed E-state index contributed by atoms with van der Waals surface area (Å²) in [6.45, 7) is 4.07. The van der Waals surface area contributed by atoms with Crippen molar-refractivity contribution in [3.8, 4) is 17.4 Å². The van der Waals surface area contributed by atoms with Crippen molar-refractivity contribution in [1.29, 1.82) is 0 Å². The van der Waals surface area contributed by atoms with Crippen LogP contribution in [0.1, 0.15) is 19.3 Å². The minimum absolute atomic E-state index is 0.00387. The molecule has 8 nitrogen and oxygen atoms in total. The number of benzene rings is 1. The Balaban J connectivity index is 1.28. The van der Waals surface area contributed by atoms with Crippen molar-refractivity contribution in [3.63, 3.8) is 0 Å². The maximum Gasteiger partial charge on any atom is 0.225 e. The second kappa shape index (κ2) is 9.24. The van der Waals surface area contributed by atoms with E-state index in [4.69, 9.17) is 18.9 Å². The third-order valence-corrected chi connectivity index (χ3v) is 6.36. The van der Waals surface area contributed by atoms with E-state index in [1.807, 2.05) is 35.2 Å². The number of hydrogen-bond donors (Lipinski definition) is 0. The molecule has 0 spiro atoms. The number of amides is 1. The summed E-state index contributed by atoms with van der Waals surface area (Å²) < 4.78 is 22.8. The van der Waals surface area contributed by atoms with Gasteiger partial charge in [-0.05, 0) is 31.0 Å². The van der Waals surface area contributed by atoms with E-state index in [1.165, 1.54) is 0 Å². The first-order valence-corrected chi connectivity index (χ1v) is 11.3. The number of carbonyl (C=O) groups excluding carboxylic acids is 1. The molecule has 8 heteroatoms. The number of aromatic nitrogens is 1. The molecule has 2 fully saturated rings. The predicted molar refractivity (Wildman–Crippen MR) is 119 cm³/mol. The molecule has 1 aromatic heterocycles. The Kier molecular flexibility index (Phi) is 6.03. The lowest BCUT2D eigenvalue weighted by Crippen LogP contribution is -2.38. The van der Waals surface area contributed by atoms with Crippen LogP contribution in [0.4, 0.5) is 11.4 Å². The highest BCUT2D eigenvalue weighted by Crippen LogP contribution is 2.40. The summed E-state index contributed by atoms with van der Waals surface area (Å²) in [5, 5.41) is 0. The van der Waals surface area contributed by atoms with Crippen molar-refractivity contribution in [2.24, 2.45) is 5.92 Å². The summed E-state index contributed by atoms with van der Waals surface area (Å²) in [7, 11) is 1.61. The second-order valence-corrected chi connectivity index (χ2v) is 8.39. The van der Waals surface area contributed by atoms with Gasteiger partial charge in [0.2, 0.25) is 11.8 Å². The fraction of sp³-hybridized carbons (Fsp3) is 0.500. The number of rotatable bonds is 5. The molecule has 2 saturated heterocycles. The molecule has 0 saturated carbocycles. The maximum absolute atomic E-state index is 12.8. The van der Waals surface area contributed by atoms with Crippen LogP contribution in [0, 0.1) is 5.92 Å². The molecule has 170 valence electrons. The van der Waals surface area contributed by atoms with Crippen LogP contribution in [-0.2, 0) is 9.53 Å². The van der Waals surface area contributed by atoms with Crippen LogP contribution in [0.2, 0.25) is 0 Å². The molecule has 2 aromatic rings. The van der Waals surface area contributed by atoms with E-state index in [2.05, 4.69) is 9.88 Å². The van der Waals surface area contributed by atoms with Gasteiger partial charge in [0, 0.05) is 56.1 Å². The molecule has 1 amide bonds. The molecule has 0 aliphatic carbocycles. The first-order valence-electron chi connectivity index (χ1n) is 11.3. The Morgan fingerprint density at radius 1 is 1.09 bits per heavy atom. The standard InChI is InChI=1S/C24H29N3O5/c1-29-23-14-18(4-8-25-23)27-10-13-31-22-3-2-19(15-21(22)27)32-20-5-9-26(16-20)24(28)17-6-11-30-12-7-17/h2-4,8,14-15,17,20H,5-7,9-13,16H2,1H3. The lowest BCUT2D eigenvalue weighted by molar-refractivity contribution is -0.137. The quantitative estimate of drug-likeness (QED) is 0.709. The third-order valence-electron chi connectivity index (χ3n) is 6.36. The van der Waals surface area contributed by atoms with Crippen molar-refractivity contribution >= 4 is 17.3 Å². The number of ether oxygens (including phenoxy) is 4. The summed E-state index contributed by atoms with van der Waals surface area (Å²) in [6.07, 6.45) is 4.22. The third kappa shape index (κ3) is 4.32. The first-order chi connectivity index (χ1) is 15.7. The van der Waals surface area contributed by atoms with Crippen LogP contribution in [0.3, 0.4) is 0 Å². The van der Waals surface area contributed by atoms with Crippen molar-refractivity contribution < 1.29 is 23.7 Å². The average molecular weight is 440 g/mol. The number of pyridine rings is 1. The van der Waals surface area contributed by atoms with E-state index in [0.717, 1.165) is 55.2 Å². The zero-order chi connectivity index (χ0) is 21.9. The van der Waals surface area contributed by atoms with Gasteiger partial charge in [-0.1, -0.05) is 0 Å². The van der Waals surface area contributed by atoms with Crippen LogP contribution >= 0.6 is 0 Å². The van der Waals surface area contributed by atoms with Crippen molar-refractivity contribution in [3.05, 3.63) is 36.5 Å². The van der Waals surface area contributed by atoms with E-state index in [9.17, 15) is 4.79 Å². The molecule has 0 bridgehead atoms. The van der Waals surface area contributed by atoms with Gasteiger partial charge >= 0.3 is 0 Å². The first kappa shape index (κ1) is 20.9. The fourth-order valence-electron chi connectivity index (χ4n) is 4.64. The number of methoxy groups -OCH3 is 1. The van der Waals surface area contributed by atoms with Crippen LogP contribution in [-0.4, -0.2) is 68.5 Å². The lowest BCUT2D eigenvalue weighted by Gasteiger charge is -2.32. The van der Waals surface area contributed by atoms with Crippen molar-refractivity contribution in [2.75, 3.05) is 51.5 Å². The Hall–Kier alpha value is -3.00. The van der Waals surface area contributed by atoms with Gasteiger partial charge in [0.15, 0.2) is 0 Å². The highest BCUT2D eigenvalue weighted by molar-refractivity contribution is 5.79. The molecule has 1 aromatic carbocycles. The Morgan fingerprint density at radius 2 is 1.97 bits per heavy atom. The van der Waals surface area contributed by atoms with Crippen molar-refractivity contribution in [2.45, 2.75) is 25.4 Å². The number of nitrogens with zero attached hydrogens (tertiary/aromatic N) is 3. The average Bonchev–Trinajstić information content (AvgIpc) is 3.32. The van der Waals surface area contributed by atoms with Gasteiger partial charge in [-0.25, -0.2) is 4.98 Å². The summed E-state index contributed by atoms with van der Waals surface area (Å²) in [5.74, 6) is 2.52. The minimum atomic E-state index is -0.00387. The van der Waals surface area contributed by atoms with Crippen LogP contribution in [0.15, 0.2) is 36.5 Å². The van der Waals surface area contributed by atoms with E-state index in [1.54, 1.807) is 13.3 Å². The van der Waals surface area contributed by atoms with Gasteiger partial charge in [0.05, 0.1) is 25.9 Å². The van der Waals surface area contributed by atoms with Crippen LogP contribution < -0.4 is 19.1 Å². The Labute approximate surface area is 188 Å². The van der Waals surface area contributed by atoms with E-state index in [0.29, 0.717) is 32.2 Å². The van der Waals surface area contributed by atoms with E-state index < -0.39 is 0 Å². The molecule has 3 aliphatic rings. The maximum atomic E-state index is 12.8. The van der Waals surface area contributed by atoms with Crippen molar-refractivity contribution in [1.82, 2.24) is 9.88 Å². The Bertz CT molecular complexity index is 962. The molecular weight excluding hydrogens is 410 g/mol. The predicted octanol–water partition coefficient (Wildman–Crippen LogP) is 3.03. The van der Waals surface area contributed by atoms with Gasteiger partial charge in [-0.3, -0.25) is 4.79 Å². The topological polar surface area (TPSA) is 73.4 Å². The fourth-order valence-corrected chi connectivity index (χ4v) is 4.64. The summed E-state index contributed by atoms with van der Waals surface area (Å²) >= 11 is 0. The Morgan fingerprint density at radius 3 is 2.81 bits per heavy atom. The summed E-state index contributed by atoms with van der Waals surface area (Å²) in [4.78, 5) is 21.2. The zero-order valence-electron chi connectivity index (χ0n) is 18.4. The zero-order valence-corrected chi connectivity index (χ0v) is 18.4. The lowest BCUT2D eigenvalue weighted by atomic mass is 9.99. The summed E-state index contributed by atoms with van der Waals surface area (Å²) in [6, 6.07) is 9.79. The molecule has 0 N–H and O–H groups in total. The number of anilines is 2.